The summed E-state index contributed by atoms with van der Waals surface area (Å²) in [5.41, 5.74) is 4.06. The maximum Gasteiger partial charge on any atom is 0.0456 e. The molecule has 0 aliphatic heterocycles. The van der Waals surface area contributed by atoms with E-state index in [9.17, 15) is 0 Å². The van der Waals surface area contributed by atoms with Crippen LogP contribution in [0.1, 0.15) is 17.5 Å². The van der Waals surface area contributed by atoms with Gasteiger partial charge in [0.15, 0.2) is 0 Å². The van der Waals surface area contributed by atoms with Crippen LogP contribution in [-0.2, 0) is 12.8 Å². The Hall–Kier alpha value is -2.06. The van der Waals surface area contributed by atoms with Gasteiger partial charge in [-0.15, -0.1) is 0 Å². The molecule has 3 aromatic rings. The molecule has 0 aliphatic carbocycles. The minimum atomic E-state index is 1.04. The van der Waals surface area contributed by atoms with E-state index in [1.54, 1.807) is 0 Å². The zero-order valence-corrected chi connectivity index (χ0v) is 12.3. The van der Waals surface area contributed by atoms with Gasteiger partial charge in [0.25, 0.3) is 0 Å². The van der Waals surface area contributed by atoms with Crippen molar-refractivity contribution in [2.24, 2.45) is 0 Å². The van der Waals surface area contributed by atoms with Crippen molar-refractivity contribution in [3.63, 3.8) is 0 Å². The Labute approximate surface area is 126 Å². The highest BCUT2D eigenvalue weighted by Gasteiger charge is 2.01. The summed E-state index contributed by atoms with van der Waals surface area (Å²) >= 11 is 0. The third-order valence-corrected chi connectivity index (χ3v) is 3.91. The van der Waals surface area contributed by atoms with Crippen molar-refractivity contribution in [3.05, 3.63) is 71.9 Å². The van der Waals surface area contributed by atoms with Crippen molar-refractivity contribution in [3.8, 4) is 0 Å². The van der Waals surface area contributed by atoms with Crippen LogP contribution in [-0.4, -0.2) is 18.1 Å². The van der Waals surface area contributed by atoms with E-state index in [2.05, 4.69) is 71.1 Å². The third-order valence-electron chi connectivity index (χ3n) is 3.91. The molecule has 2 N–H and O–H groups in total. The molecule has 21 heavy (non-hydrogen) atoms. The number of benzene rings is 2. The van der Waals surface area contributed by atoms with Crippen LogP contribution in [0.2, 0.25) is 0 Å². The number of nitrogens with one attached hydrogen (secondary N) is 2. The minimum Gasteiger partial charge on any atom is -0.361 e. The van der Waals surface area contributed by atoms with Crippen molar-refractivity contribution in [1.82, 2.24) is 10.3 Å². The van der Waals surface area contributed by atoms with Crippen LogP contribution in [0.3, 0.4) is 0 Å². The average Bonchev–Trinajstić information content (AvgIpc) is 2.95. The summed E-state index contributed by atoms with van der Waals surface area (Å²) in [6.07, 6.45) is 5.56. The molecule has 2 aromatic carbocycles. The summed E-state index contributed by atoms with van der Waals surface area (Å²) in [5.74, 6) is 0. The van der Waals surface area contributed by atoms with E-state index in [0.717, 1.165) is 25.9 Å². The van der Waals surface area contributed by atoms with Crippen molar-refractivity contribution in [2.45, 2.75) is 19.3 Å². The SMILES string of the molecule is c1ccc(CCCNCCc2c[nH]c3ccccc23)cc1. The summed E-state index contributed by atoms with van der Waals surface area (Å²) in [5, 5.41) is 4.90. The van der Waals surface area contributed by atoms with Crippen LogP contribution >= 0.6 is 0 Å². The predicted octanol–water partition coefficient (Wildman–Crippen LogP) is 3.93. The van der Waals surface area contributed by atoms with Gasteiger partial charge in [-0.05, 0) is 49.5 Å². The fourth-order valence-corrected chi connectivity index (χ4v) is 2.75. The molecule has 1 aromatic heterocycles. The fourth-order valence-electron chi connectivity index (χ4n) is 2.75. The number of hydrogen-bond acceptors (Lipinski definition) is 1. The maximum atomic E-state index is 3.54. The predicted molar refractivity (Wildman–Crippen MR) is 89.6 cm³/mol. The first-order valence-corrected chi connectivity index (χ1v) is 7.73. The molecule has 2 nitrogen and oxygen atoms in total. The van der Waals surface area contributed by atoms with Gasteiger partial charge in [0.2, 0.25) is 0 Å². The number of H-pyrrole nitrogens is 1. The van der Waals surface area contributed by atoms with Crippen LogP contribution in [0, 0.1) is 0 Å². The summed E-state index contributed by atoms with van der Waals surface area (Å²) in [6.45, 7) is 2.12. The van der Waals surface area contributed by atoms with Crippen LogP contribution in [0.15, 0.2) is 60.8 Å². The second-order valence-corrected chi connectivity index (χ2v) is 5.45. The molecule has 0 atom stereocenters. The molecule has 0 spiro atoms. The van der Waals surface area contributed by atoms with Crippen LogP contribution in [0.5, 0.6) is 0 Å². The van der Waals surface area contributed by atoms with Gasteiger partial charge < -0.3 is 10.3 Å². The van der Waals surface area contributed by atoms with Gasteiger partial charge in [-0.2, -0.15) is 0 Å². The molecule has 0 amide bonds. The summed E-state index contributed by atoms with van der Waals surface area (Å²) in [7, 11) is 0. The molecule has 0 unspecified atom stereocenters. The number of para-hydroxylation sites is 1. The second-order valence-electron chi connectivity index (χ2n) is 5.45. The summed E-state index contributed by atoms with van der Waals surface area (Å²) < 4.78 is 0. The molecule has 0 radical (unpaired) electrons. The number of fused-ring (bicyclic) bond motifs is 1. The molecule has 0 aliphatic rings. The van der Waals surface area contributed by atoms with Gasteiger partial charge in [-0.3, -0.25) is 0 Å². The zero-order valence-electron chi connectivity index (χ0n) is 12.3. The van der Waals surface area contributed by atoms with E-state index in [4.69, 9.17) is 0 Å². The number of aryl methyl sites for hydroxylation is 1. The first kappa shape index (κ1) is 13.9. The Morgan fingerprint density at radius 3 is 2.52 bits per heavy atom. The van der Waals surface area contributed by atoms with E-state index in [1.807, 2.05) is 0 Å². The van der Waals surface area contributed by atoms with Crippen LogP contribution in [0.4, 0.5) is 0 Å². The van der Waals surface area contributed by atoms with Gasteiger partial charge >= 0.3 is 0 Å². The lowest BCUT2D eigenvalue weighted by molar-refractivity contribution is 0.648. The number of hydrogen-bond donors (Lipinski definition) is 2. The molecule has 0 bridgehead atoms. The van der Waals surface area contributed by atoms with Crippen molar-refractivity contribution in [1.29, 1.82) is 0 Å². The van der Waals surface area contributed by atoms with Crippen molar-refractivity contribution >= 4 is 10.9 Å². The molecular weight excluding hydrogens is 256 g/mol. The number of rotatable bonds is 7. The monoisotopic (exact) mass is 278 g/mol. The Bertz CT molecular complexity index is 670. The lowest BCUT2D eigenvalue weighted by Gasteiger charge is -2.04. The standard InChI is InChI=1S/C19H22N2/c1-2-7-16(8-3-1)9-6-13-20-14-12-17-15-21-19-11-5-4-10-18(17)19/h1-5,7-8,10-11,15,20-21H,6,9,12-14H2. The molecule has 0 fully saturated rings. The topological polar surface area (TPSA) is 27.8 Å². The Morgan fingerprint density at radius 1 is 0.810 bits per heavy atom. The molecule has 3 rings (SSSR count). The van der Waals surface area contributed by atoms with Crippen molar-refractivity contribution in [2.75, 3.05) is 13.1 Å². The smallest absolute Gasteiger partial charge is 0.0456 e. The van der Waals surface area contributed by atoms with E-state index < -0.39 is 0 Å². The summed E-state index contributed by atoms with van der Waals surface area (Å²) in [6, 6.07) is 19.2. The van der Waals surface area contributed by atoms with Gasteiger partial charge in [-0.25, -0.2) is 0 Å². The maximum absolute atomic E-state index is 3.54. The van der Waals surface area contributed by atoms with Crippen LogP contribution in [0.25, 0.3) is 10.9 Å². The Balaban J connectivity index is 1.39. The van der Waals surface area contributed by atoms with E-state index in [0.29, 0.717) is 0 Å². The quantitative estimate of drug-likeness (QED) is 0.630. The first-order chi connectivity index (χ1) is 10.4. The Kier molecular flexibility index (Phi) is 4.70. The Morgan fingerprint density at radius 2 is 1.62 bits per heavy atom. The van der Waals surface area contributed by atoms with E-state index >= 15 is 0 Å². The van der Waals surface area contributed by atoms with Gasteiger partial charge in [0.05, 0.1) is 0 Å². The first-order valence-electron chi connectivity index (χ1n) is 7.73. The minimum absolute atomic E-state index is 1.04. The van der Waals surface area contributed by atoms with E-state index in [-0.39, 0.29) is 0 Å². The fraction of sp³-hybridized carbons (Fsp3) is 0.263. The zero-order chi connectivity index (χ0) is 14.3. The normalized spacial score (nSPS) is 11.0. The van der Waals surface area contributed by atoms with Gasteiger partial charge in [0, 0.05) is 17.1 Å². The number of aromatic nitrogens is 1. The molecule has 0 saturated carbocycles. The molecule has 0 saturated heterocycles. The highest BCUT2D eigenvalue weighted by atomic mass is 14.8. The molecule has 2 heteroatoms. The molecule has 108 valence electrons. The second kappa shape index (κ2) is 7.09. The third kappa shape index (κ3) is 3.73. The van der Waals surface area contributed by atoms with E-state index in [1.165, 1.54) is 28.5 Å². The lowest BCUT2D eigenvalue weighted by atomic mass is 10.1. The average molecular weight is 278 g/mol. The van der Waals surface area contributed by atoms with Gasteiger partial charge in [-0.1, -0.05) is 48.5 Å². The van der Waals surface area contributed by atoms with Crippen LogP contribution < -0.4 is 5.32 Å². The van der Waals surface area contributed by atoms with Gasteiger partial charge in [0.1, 0.15) is 0 Å². The summed E-state index contributed by atoms with van der Waals surface area (Å²) in [4.78, 5) is 3.33. The highest BCUT2D eigenvalue weighted by Crippen LogP contribution is 2.17. The largest absolute Gasteiger partial charge is 0.361 e. The number of aromatic amines is 1. The molecule has 1 heterocycles. The highest BCUT2D eigenvalue weighted by molar-refractivity contribution is 5.83. The lowest BCUT2D eigenvalue weighted by Crippen LogP contribution is -2.18. The molecular formula is C19H22N2. The van der Waals surface area contributed by atoms with Crippen molar-refractivity contribution < 1.29 is 0 Å².